The number of aliphatic hydroxyl groups is 1. The maximum absolute atomic E-state index is 11.0. The summed E-state index contributed by atoms with van der Waals surface area (Å²) in [6.45, 7) is 0.360. The average molecular weight is 246 g/mol. The zero-order valence-corrected chi connectivity index (χ0v) is 9.72. The van der Waals surface area contributed by atoms with Crippen LogP contribution in [-0.4, -0.2) is 11.0 Å². The summed E-state index contributed by atoms with van der Waals surface area (Å²) in [7, 11) is 0. The van der Waals surface area contributed by atoms with Crippen LogP contribution >= 0.6 is 0 Å². The van der Waals surface area contributed by atoms with E-state index in [4.69, 9.17) is 15.3 Å². The Bertz CT molecular complexity index is 549. The van der Waals surface area contributed by atoms with Gasteiger partial charge in [0.15, 0.2) is 0 Å². The van der Waals surface area contributed by atoms with Crippen LogP contribution in [0.4, 0.5) is 5.69 Å². The van der Waals surface area contributed by atoms with Crippen molar-refractivity contribution in [3.8, 4) is 0 Å². The lowest BCUT2D eigenvalue weighted by Crippen LogP contribution is -2.11. The molecule has 4 N–H and O–H groups in total. The molecule has 94 valence electrons. The number of hydrogen-bond donors (Lipinski definition) is 3. The molecule has 18 heavy (non-hydrogen) atoms. The van der Waals surface area contributed by atoms with Crippen molar-refractivity contribution < 1.29 is 14.3 Å². The van der Waals surface area contributed by atoms with Crippen molar-refractivity contribution >= 4 is 11.6 Å². The summed E-state index contributed by atoms with van der Waals surface area (Å²) in [5.41, 5.74) is 6.44. The molecule has 2 aromatic rings. The Morgan fingerprint density at radius 3 is 2.72 bits per heavy atom. The first-order valence-corrected chi connectivity index (χ1v) is 5.51. The Labute approximate surface area is 104 Å². The highest BCUT2D eigenvalue weighted by Crippen LogP contribution is 2.13. The van der Waals surface area contributed by atoms with Crippen molar-refractivity contribution in [3.63, 3.8) is 0 Å². The van der Waals surface area contributed by atoms with Gasteiger partial charge in [-0.1, -0.05) is 6.07 Å². The molecule has 0 radical (unpaired) electrons. The SMILES string of the molecule is NC(=O)c1cccc(NCc2ccc(CO)o2)c1. The molecule has 0 unspecified atom stereocenters. The van der Waals surface area contributed by atoms with Crippen LogP contribution < -0.4 is 11.1 Å². The van der Waals surface area contributed by atoms with Crippen molar-refractivity contribution in [2.45, 2.75) is 13.2 Å². The number of amides is 1. The highest BCUT2D eigenvalue weighted by molar-refractivity contribution is 5.93. The average Bonchev–Trinajstić information content (AvgIpc) is 2.84. The number of furan rings is 1. The number of nitrogens with two attached hydrogens (primary N) is 1. The predicted molar refractivity (Wildman–Crippen MR) is 66.9 cm³/mol. The van der Waals surface area contributed by atoms with Gasteiger partial charge in [0.1, 0.15) is 18.1 Å². The van der Waals surface area contributed by atoms with Crippen LogP contribution in [0.3, 0.4) is 0 Å². The van der Waals surface area contributed by atoms with Gasteiger partial charge < -0.3 is 20.6 Å². The number of anilines is 1. The lowest BCUT2D eigenvalue weighted by Gasteiger charge is -2.05. The number of aliphatic hydroxyl groups excluding tert-OH is 1. The molecule has 5 heteroatoms. The van der Waals surface area contributed by atoms with Gasteiger partial charge in [-0.25, -0.2) is 0 Å². The summed E-state index contributed by atoms with van der Waals surface area (Å²) < 4.78 is 5.33. The first-order chi connectivity index (χ1) is 8.69. The standard InChI is InChI=1S/C13H14N2O3/c14-13(17)9-2-1-3-10(6-9)15-7-11-4-5-12(8-16)18-11/h1-6,15-16H,7-8H2,(H2,14,17). The van der Waals surface area contributed by atoms with Crippen molar-refractivity contribution in [1.82, 2.24) is 0 Å². The summed E-state index contributed by atoms with van der Waals surface area (Å²) in [5, 5.41) is 12.0. The summed E-state index contributed by atoms with van der Waals surface area (Å²) in [5.74, 6) is 0.778. The molecule has 0 bridgehead atoms. The normalized spacial score (nSPS) is 10.3. The Balaban J connectivity index is 2.01. The fourth-order valence-corrected chi connectivity index (χ4v) is 1.57. The molecule has 2 rings (SSSR count). The first-order valence-electron chi connectivity index (χ1n) is 5.51. The molecule has 1 aromatic carbocycles. The number of hydrogen-bond acceptors (Lipinski definition) is 4. The largest absolute Gasteiger partial charge is 0.462 e. The van der Waals surface area contributed by atoms with Crippen LogP contribution in [0.15, 0.2) is 40.8 Å². The molecule has 5 nitrogen and oxygen atoms in total. The smallest absolute Gasteiger partial charge is 0.248 e. The fraction of sp³-hybridized carbons (Fsp3) is 0.154. The van der Waals surface area contributed by atoms with Crippen molar-refractivity contribution in [2.24, 2.45) is 5.73 Å². The van der Waals surface area contributed by atoms with E-state index >= 15 is 0 Å². The maximum atomic E-state index is 11.0. The third-order valence-corrected chi connectivity index (χ3v) is 2.49. The van der Waals surface area contributed by atoms with Crippen LogP contribution in [0.25, 0.3) is 0 Å². The van der Waals surface area contributed by atoms with Gasteiger partial charge in [-0.2, -0.15) is 0 Å². The Kier molecular flexibility index (Phi) is 3.64. The van der Waals surface area contributed by atoms with Crippen LogP contribution in [-0.2, 0) is 13.2 Å². The fourth-order valence-electron chi connectivity index (χ4n) is 1.57. The third-order valence-electron chi connectivity index (χ3n) is 2.49. The molecule has 1 aromatic heterocycles. The van der Waals surface area contributed by atoms with E-state index in [1.54, 1.807) is 30.3 Å². The number of nitrogens with one attached hydrogen (secondary N) is 1. The molecule has 1 amide bonds. The molecule has 0 aliphatic rings. The van der Waals surface area contributed by atoms with E-state index in [1.807, 2.05) is 6.07 Å². The molecule has 0 aliphatic carbocycles. The van der Waals surface area contributed by atoms with Crippen LogP contribution in [0.2, 0.25) is 0 Å². The zero-order valence-electron chi connectivity index (χ0n) is 9.72. The number of carbonyl (C=O) groups excluding carboxylic acids is 1. The zero-order chi connectivity index (χ0) is 13.0. The maximum Gasteiger partial charge on any atom is 0.248 e. The third kappa shape index (κ3) is 2.89. The van der Waals surface area contributed by atoms with Gasteiger partial charge in [0.05, 0.1) is 6.54 Å². The molecular formula is C13H14N2O3. The Morgan fingerprint density at radius 1 is 1.28 bits per heavy atom. The van der Waals surface area contributed by atoms with Crippen molar-refractivity contribution in [1.29, 1.82) is 0 Å². The summed E-state index contributed by atoms with van der Waals surface area (Å²) in [6, 6.07) is 10.4. The van der Waals surface area contributed by atoms with Crippen molar-refractivity contribution in [3.05, 3.63) is 53.5 Å². The molecule has 0 saturated heterocycles. The highest BCUT2D eigenvalue weighted by Gasteiger charge is 2.03. The molecular weight excluding hydrogens is 232 g/mol. The second-order valence-electron chi connectivity index (χ2n) is 3.82. The monoisotopic (exact) mass is 246 g/mol. The van der Waals surface area contributed by atoms with Crippen molar-refractivity contribution in [2.75, 3.05) is 5.32 Å². The number of rotatable bonds is 5. The summed E-state index contributed by atoms with van der Waals surface area (Å²) in [6.07, 6.45) is 0. The van der Waals surface area contributed by atoms with Gasteiger partial charge in [-0.3, -0.25) is 4.79 Å². The van der Waals surface area contributed by atoms with Gasteiger partial charge in [-0.15, -0.1) is 0 Å². The minimum Gasteiger partial charge on any atom is -0.462 e. The van der Waals surface area contributed by atoms with E-state index in [1.165, 1.54) is 0 Å². The second kappa shape index (κ2) is 5.37. The minimum atomic E-state index is -0.459. The number of primary amides is 1. The van der Waals surface area contributed by atoms with E-state index < -0.39 is 5.91 Å². The van der Waals surface area contributed by atoms with E-state index in [2.05, 4.69) is 5.32 Å². The molecule has 0 spiro atoms. The Morgan fingerprint density at radius 2 is 2.06 bits per heavy atom. The molecule has 0 fully saturated rings. The molecule has 0 atom stereocenters. The van der Waals surface area contributed by atoms with E-state index in [-0.39, 0.29) is 6.61 Å². The van der Waals surface area contributed by atoms with Gasteiger partial charge in [0, 0.05) is 11.3 Å². The summed E-state index contributed by atoms with van der Waals surface area (Å²) in [4.78, 5) is 11.0. The lowest BCUT2D eigenvalue weighted by molar-refractivity contribution is 0.100. The lowest BCUT2D eigenvalue weighted by atomic mass is 10.2. The van der Waals surface area contributed by atoms with Gasteiger partial charge in [-0.05, 0) is 30.3 Å². The second-order valence-corrected chi connectivity index (χ2v) is 3.82. The van der Waals surface area contributed by atoms with Gasteiger partial charge in [0.25, 0.3) is 0 Å². The van der Waals surface area contributed by atoms with Crippen LogP contribution in [0.5, 0.6) is 0 Å². The number of benzene rings is 1. The molecule has 0 saturated carbocycles. The Hall–Kier alpha value is -2.27. The number of carbonyl (C=O) groups is 1. The van der Waals surface area contributed by atoms with E-state index in [0.717, 1.165) is 5.69 Å². The first kappa shape index (κ1) is 12.2. The van der Waals surface area contributed by atoms with E-state index in [9.17, 15) is 4.79 Å². The van der Waals surface area contributed by atoms with Gasteiger partial charge >= 0.3 is 0 Å². The van der Waals surface area contributed by atoms with Crippen LogP contribution in [0.1, 0.15) is 21.9 Å². The highest BCUT2D eigenvalue weighted by atomic mass is 16.4. The van der Waals surface area contributed by atoms with E-state index in [0.29, 0.717) is 23.6 Å². The molecule has 0 aliphatic heterocycles. The predicted octanol–water partition coefficient (Wildman–Crippen LogP) is 1.48. The van der Waals surface area contributed by atoms with Gasteiger partial charge in [0.2, 0.25) is 5.91 Å². The van der Waals surface area contributed by atoms with Crippen LogP contribution in [0, 0.1) is 0 Å². The summed E-state index contributed by atoms with van der Waals surface area (Å²) >= 11 is 0. The quantitative estimate of drug-likeness (QED) is 0.745. The molecule has 1 heterocycles. The minimum absolute atomic E-state index is 0.114. The topological polar surface area (TPSA) is 88.5 Å².